The lowest BCUT2D eigenvalue weighted by Gasteiger charge is -2.30. The van der Waals surface area contributed by atoms with Gasteiger partial charge in [-0.2, -0.15) is 5.10 Å². The first-order valence-electron chi connectivity index (χ1n) is 9.94. The van der Waals surface area contributed by atoms with Crippen LogP contribution in [0.4, 0.5) is 17.1 Å². The molecule has 1 saturated heterocycles. The second kappa shape index (κ2) is 9.11. The van der Waals surface area contributed by atoms with Crippen LogP contribution < -0.4 is 10.2 Å². The number of hydrogen-bond acceptors (Lipinski definition) is 7. The molecule has 0 spiro atoms. The molecule has 0 bridgehead atoms. The zero-order valence-electron chi connectivity index (χ0n) is 17.1. The molecule has 0 aliphatic carbocycles. The lowest BCUT2D eigenvalue weighted by Crippen LogP contribution is -2.36. The lowest BCUT2D eigenvalue weighted by atomic mass is 10.1. The second-order valence-corrected chi connectivity index (χ2v) is 7.17. The fraction of sp³-hybridized carbons (Fsp3) is 0.333. The van der Waals surface area contributed by atoms with Gasteiger partial charge in [0.25, 0.3) is 11.6 Å². The number of morpholine rings is 1. The molecule has 162 valence electrons. The van der Waals surface area contributed by atoms with E-state index in [1.54, 1.807) is 13.2 Å². The minimum atomic E-state index is -0.517. The van der Waals surface area contributed by atoms with Crippen LogP contribution in [0.1, 0.15) is 10.4 Å². The van der Waals surface area contributed by atoms with Crippen LogP contribution in [-0.4, -0.2) is 60.6 Å². The van der Waals surface area contributed by atoms with Gasteiger partial charge in [-0.25, -0.2) is 0 Å². The average molecular weight is 425 g/mol. The van der Waals surface area contributed by atoms with Gasteiger partial charge >= 0.3 is 0 Å². The number of carbonyl (C=O) groups is 1. The van der Waals surface area contributed by atoms with E-state index in [4.69, 9.17) is 9.47 Å². The molecular weight excluding hydrogens is 402 g/mol. The third kappa shape index (κ3) is 4.65. The van der Waals surface area contributed by atoms with Crippen molar-refractivity contribution in [2.45, 2.75) is 6.54 Å². The number of nitrogens with one attached hydrogen (secondary N) is 1. The highest BCUT2D eigenvalue weighted by molar-refractivity contribution is 6.07. The smallest absolute Gasteiger partial charge is 0.270 e. The van der Waals surface area contributed by atoms with Crippen molar-refractivity contribution in [2.75, 3.05) is 50.2 Å². The number of non-ortho nitro benzene ring substituents is 1. The van der Waals surface area contributed by atoms with Gasteiger partial charge in [0.2, 0.25) is 0 Å². The Morgan fingerprint density at radius 2 is 2.10 bits per heavy atom. The molecule has 10 nitrogen and oxygen atoms in total. The molecule has 10 heteroatoms. The number of carbonyl (C=O) groups excluding carboxylic acids is 1. The molecule has 0 saturated carbocycles. The standard InChI is InChI=1S/C21H23N5O5/c1-30-8-7-25-14-16-12-19(20(13-18(16)23-25)24-5-9-31-10-6-24)22-21(27)15-3-2-4-17(11-15)26(28)29/h2-4,11-14H,5-10H2,1H3,(H,22,27). The SMILES string of the molecule is COCCn1cc2cc(NC(=O)c3cccc([N+](=O)[O-])c3)c(N3CCOCC3)cc2n1. The molecule has 4 rings (SSSR count). The summed E-state index contributed by atoms with van der Waals surface area (Å²) in [5, 5.41) is 19.5. The quantitative estimate of drug-likeness (QED) is 0.457. The van der Waals surface area contributed by atoms with Gasteiger partial charge in [-0.15, -0.1) is 0 Å². The number of anilines is 2. The highest BCUT2D eigenvalue weighted by Gasteiger charge is 2.20. The predicted molar refractivity (Wildman–Crippen MR) is 116 cm³/mol. The van der Waals surface area contributed by atoms with E-state index in [-0.39, 0.29) is 11.3 Å². The molecule has 1 aromatic heterocycles. The summed E-state index contributed by atoms with van der Waals surface area (Å²) in [6.45, 7) is 3.73. The molecule has 1 fully saturated rings. The van der Waals surface area contributed by atoms with Crippen LogP contribution in [0, 0.1) is 10.1 Å². The van der Waals surface area contributed by atoms with Crippen LogP contribution in [0.25, 0.3) is 10.9 Å². The number of nitro groups is 1. The predicted octanol–water partition coefficient (Wildman–Crippen LogP) is 2.68. The number of hydrogen-bond donors (Lipinski definition) is 1. The molecule has 1 aliphatic heterocycles. The Morgan fingerprint density at radius 3 is 2.84 bits per heavy atom. The third-order valence-electron chi connectivity index (χ3n) is 5.11. The van der Waals surface area contributed by atoms with E-state index in [0.29, 0.717) is 45.1 Å². The molecule has 2 aromatic carbocycles. The number of amides is 1. The number of nitrogens with zero attached hydrogens (tertiary/aromatic N) is 4. The van der Waals surface area contributed by atoms with Crippen molar-refractivity contribution < 1.29 is 19.2 Å². The Hall–Kier alpha value is -3.50. The Kier molecular flexibility index (Phi) is 6.10. The maximum absolute atomic E-state index is 12.9. The topological polar surface area (TPSA) is 112 Å². The van der Waals surface area contributed by atoms with Crippen LogP contribution in [0.3, 0.4) is 0 Å². The fourth-order valence-corrected chi connectivity index (χ4v) is 3.53. The van der Waals surface area contributed by atoms with Crippen LogP contribution in [0.5, 0.6) is 0 Å². The maximum atomic E-state index is 12.9. The second-order valence-electron chi connectivity index (χ2n) is 7.17. The van der Waals surface area contributed by atoms with E-state index >= 15 is 0 Å². The van der Waals surface area contributed by atoms with Crippen molar-refractivity contribution in [1.82, 2.24) is 9.78 Å². The van der Waals surface area contributed by atoms with E-state index in [0.717, 1.165) is 16.6 Å². The first kappa shape index (κ1) is 20.8. The third-order valence-corrected chi connectivity index (χ3v) is 5.11. The summed E-state index contributed by atoms with van der Waals surface area (Å²) in [5.74, 6) is -0.413. The largest absolute Gasteiger partial charge is 0.383 e. The van der Waals surface area contributed by atoms with Crippen molar-refractivity contribution in [1.29, 1.82) is 0 Å². The highest BCUT2D eigenvalue weighted by atomic mass is 16.6. The number of rotatable bonds is 7. The maximum Gasteiger partial charge on any atom is 0.270 e. The monoisotopic (exact) mass is 425 g/mol. The first-order chi connectivity index (χ1) is 15.0. The van der Waals surface area contributed by atoms with Crippen molar-refractivity contribution >= 4 is 33.9 Å². The van der Waals surface area contributed by atoms with E-state index in [1.807, 2.05) is 23.0 Å². The van der Waals surface area contributed by atoms with Gasteiger partial charge in [-0.3, -0.25) is 19.6 Å². The van der Waals surface area contributed by atoms with Gasteiger partial charge in [0.1, 0.15) is 0 Å². The molecule has 0 radical (unpaired) electrons. The molecule has 31 heavy (non-hydrogen) atoms. The number of fused-ring (bicyclic) bond motifs is 1. The van der Waals surface area contributed by atoms with E-state index < -0.39 is 10.8 Å². The number of aromatic nitrogens is 2. The summed E-state index contributed by atoms with van der Waals surface area (Å²) in [7, 11) is 1.64. The summed E-state index contributed by atoms with van der Waals surface area (Å²) in [6.07, 6.45) is 1.90. The van der Waals surface area contributed by atoms with Crippen molar-refractivity contribution in [3.05, 3.63) is 58.3 Å². The molecular formula is C21H23N5O5. The van der Waals surface area contributed by atoms with Crippen molar-refractivity contribution in [2.24, 2.45) is 0 Å². The van der Waals surface area contributed by atoms with Crippen molar-refractivity contribution in [3.8, 4) is 0 Å². The number of nitro benzene ring substituents is 1. The summed E-state index contributed by atoms with van der Waals surface area (Å²) < 4.78 is 12.4. The van der Waals surface area contributed by atoms with Crippen LogP contribution in [0.2, 0.25) is 0 Å². The number of ether oxygens (including phenoxy) is 2. The van der Waals surface area contributed by atoms with Crippen LogP contribution in [-0.2, 0) is 16.0 Å². The molecule has 3 aromatic rings. The van der Waals surface area contributed by atoms with Crippen LogP contribution >= 0.6 is 0 Å². The zero-order chi connectivity index (χ0) is 21.8. The van der Waals surface area contributed by atoms with Gasteiger partial charge in [-0.1, -0.05) is 6.07 Å². The van der Waals surface area contributed by atoms with Gasteiger partial charge in [0.05, 0.1) is 48.2 Å². The van der Waals surface area contributed by atoms with Gasteiger partial charge in [0.15, 0.2) is 0 Å². The first-order valence-corrected chi connectivity index (χ1v) is 9.94. The lowest BCUT2D eigenvalue weighted by molar-refractivity contribution is -0.384. The highest BCUT2D eigenvalue weighted by Crippen LogP contribution is 2.32. The summed E-state index contributed by atoms with van der Waals surface area (Å²) in [5.41, 5.74) is 2.36. The van der Waals surface area contributed by atoms with Gasteiger partial charge in [-0.05, 0) is 18.2 Å². The molecule has 1 aliphatic rings. The minimum Gasteiger partial charge on any atom is -0.383 e. The van der Waals surface area contributed by atoms with E-state index in [2.05, 4.69) is 15.3 Å². The van der Waals surface area contributed by atoms with Crippen molar-refractivity contribution in [3.63, 3.8) is 0 Å². The molecule has 2 heterocycles. The molecule has 1 N–H and O–H groups in total. The van der Waals surface area contributed by atoms with Gasteiger partial charge < -0.3 is 19.7 Å². The number of methoxy groups -OCH3 is 1. The Morgan fingerprint density at radius 1 is 1.29 bits per heavy atom. The summed E-state index contributed by atoms with van der Waals surface area (Å²) >= 11 is 0. The van der Waals surface area contributed by atoms with Gasteiger partial charge in [0, 0.05) is 49.5 Å². The number of benzene rings is 2. The molecule has 0 atom stereocenters. The summed E-state index contributed by atoms with van der Waals surface area (Å²) in [4.78, 5) is 25.6. The molecule has 0 unspecified atom stereocenters. The van der Waals surface area contributed by atoms with Crippen LogP contribution in [0.15, 0.2) is 42.6 Å². The Bertz CT molecular complexity index is 1110. The van der Waals surface area contributed by atoms with E-state index in [1.165, 1.54) is 18.2 Å². The Balaban J connectivity index is 1.69. The fourth-order valence-electron chi connectivity index (χ4n) is 3.53. The minimum absolute atomic E-state index is 0.129. The molecule has 1 amide bonds. The average Bonchev–Trinajstić information content (AvgIpc) is 3.19. The summed E-state index contributed by atoms with van der Waals surface area (Å²) in [6, 6.07) is 9.51. The van der Waals surface area contributed by atoms with E-state index in [9.17, 15) is 14.9 Å². The normalized spacial score (nSPS) is 14.0. The zero-order valence-corrected chi connectivity index (χ0v) is 17.1. The Labute approximate surface area is 178 Å².